The summed E-state index contributed by atoms with van der Waals surface area (Å²) in [5, 5.41) is 31.7. The Morgan fingerprint density at radius 2 is 1.21 bits per heavy atom. The summed E-state index contributed by atoms with van der Waals surface area (Å²) in [5.74, 6) is 1.50. The lowest BCUT2D eigenvalue weighted by molar-refractivity contribution is 0.447. The lowest BCUT2D eigenvalue weighted by Gasteiger charge is -2.29. The number of anilines is 3. The third kappa shape index (κ3) is 4.30. The third-order valence-corrected chi connectivity index (χ3v) is 5.66. The molecule has 0 aliphatic rings. The topological polar surface area (TPSA) is 73.2 Å². The van der Waals surface area contributed by atoms with E-state index >= 15 is 0 Å². The zero-order valence-electron chi connectivity index (χ0n) is 19.1. The van der Waals surface area contributed by atoms with Crippen LogP contribution >= 0.6 is 0 Å². The number of phenols is 3. The van der Waals surface area contributed by atoms with Crippen LogP contribution in [0.4, 0.5) is 17.1 Å². The van der Waals surface area contributed by atoms with E-state index in [-0.39, 0.29) is 17.2 Å². The van der Waals surface area contributed by atoms with E-state index < -0.39 is 0 Å². The van der Waals surface area contributed by atoms with Crippen molar-refractivity contribution < 1.29 is 20.1 Å². The molecule has 0 aliphatic carbocycles. The Morgan fingerprint density at radius 3 is 1.79 bits per heavy atom. The highest BCUT2D eigenvalue weighted by atomic mass is 16.5. The van der Waals surface area contributed by atoms with Crippen molar-refractivity contribution in [3.63, 3.8) is 0 Å². The molecule has 0 atom stereocenters. The fraction of sp³-hybridized carbons (Fsp3) is 0.143. The fourth-order valence-corrected chi connectivity index (χ4v) is 3.96. The largest absolute Gasteiger partial charge is 0.508 e. The zero-order valence-corrected chi connectivity index (χ0v) is 19.1. The summed E-state index contributed by atoms with van der Waals surface area (Å²) in [7, 11) is 0. The first-order valence-electron chi connectivity index (χ1n) is 10.7. The lowest BCUT2D eigenvalue weighted by atomic mass is 10.1. The summed E-state index contributed by atoms with van der Waals surface area (Å²) in [6.07, 6.45) is 0. The van der Waals surface area contributed by atoms with E-state index in [1.54, 1.807) is 37.3 Å². The average Bonchev–Trinajstić information content (AvgIpc) is 2.76. The third-order valence-electron chi connectivity index (χ3n) is 5.66. The molecule has 4 aromatic carbocycles. The van der Waals surface area contributed by atoms with Crippen molar-refractivity contribution in [1.29, 1.82) is 0 Å². The predicted octanol–water partition coefficient (Wildman–Crippen LogP) is 7.30. The first kappa shape index (κ1) is 22.1. The van der Waals surface area contributed by atoms with E-state index in [1.807, 2.05) is 68.1 Å². The Bertz CT molecular complexity index is 1240. The molecule has 4 aromatic rings. The van der Waals surface area contributed by atoms with Crippen LogP contribution in [0.15, 0.2) is 72.8 Å². The Kier molecular flexibility index (Phi) is 5.88. The number of ether oxygens (including phenoxy) is 1. The highest BCUT2D eigenvalue weighted by molar-refractivity contribution is 5.86. The number of para-hydroxylation sites is 2. The van der Waals surface area contributed by atoms with Crippen LogP contribution in [-0.4, -0.2) is 15.3 Å². The molecule has 5 heteroatoms. The molecular weight excluding hydrogens is 414 g/mol. The molecule has 0 aromatic heterocycles. The van der Waals surface area contributed by atoms with Gasteiger partial charge in [0.05, 0.1) is 17.1 Å². The van der Waals surface area contributed by atoms with Crippen molar-refractivity contribution in [2.24, 2.45) is 0 Å². The number of phenolic OH excluding ortho intramolecular Hbond substituents is 3. The minimum atomic E-state index is 0.100. The van der Waals surface area contributed by atoms with E-state index in [4.69, 9.17) is 4.74 Å². The number of aromatic hydroxyl groups is 3. The Morgan fingerprint density at radius 1 is 0.636 bits per heavy atom. The second-order valence-electron chi connectivity index (χ2n) is 8.23. The van der Waals surface area contributed by atoms with Crippen LogP contribution in [-0.2, 0) is 0 Å². The number of aryl methyl sites for hydroxylation is 3. The number of nitrogens with zero attached hydrogens (tertiary/aromatic N) is 1. The molecule has 0 saturated carbocycles. The van der Waals surface area contributed by atoms with Gasteiger partial charge in [0, 0.05) is 11.6 Å². The second kappa shape index (κ2) is 8.79. The van der Waals surface area contributed by atoms with Gasteiger partial charge in [-0.05, 0) is 80.8 Å². The first-order chi connectivity index (χ1) is 15.8. The second-order valence-corrected chi connectivity index (χ2v) is 8.23. The van der Waals surface area contributed by atoms with Crippen LogP contribution < -0.4 is 9.64 Å². The summed E-state index contributed by atoms with van der Waals surface area (Å²) in [6, 6.07) is 21.7. The van der Waals surface area contributed by atoms with Crippen molar-refractivity contribution in [3.05, 3.63) is 95.1 Å². The Balaban J connectivity index is 1.88. The summed E-state index contributed by atoms with van der Waals surface area (Å²) in [5.41, 5.74) is 5.09. The van der Waals surface area contributed by atoms with Gasteiger partial charge in [-0.1, -0.05) is 30.3 Å². The van der Waals surface area contributed by atoms with Gasteiger partial charge in [-0.3, -0.25) is 0 Å². The van der Waals surface area contributed by atoms with E-state index in [0.29, 0.717) is 34.1 Å². The van der Waals surface area contributed by atoms with Crippen LogP contribution in [0.1, 0.15) is 22.3 Å². The van der Waals surface area contributed by atoms with Crippen LogP contribution in [0.2, 0.25) is 0 Å². The average molecular weight is 442 g/mol. The summed E-state index contributed by atoms with van der Waals surface area (Å²) >= 11 is 0. The zero-order chi connectivity index (χ0) is 23.7. The molecule has 0 aliphatic heterocycles. The van der Waals surface area contributed by atoms with Gasteiger partial charge in [0.15, 0.2) is 0 Å². The molecule has 0 saturated heterocycles. The van der Waals surface area contributed by atoms with Crippen molar-refractivity contribution in [2.75, 3.05) is 4.90 Å². The molecule has 0 amide bonds. The maximum Gasteiger partial charge on any atom is 0.139 e. The van der Waals surface area contributed by atoms with Crippen molar-refractivity contribution in [1.82, 2.24) is 0 Å². The van der Waals surface area contributed by atoms with Gasteiger partial charge in [0.25, 0.3) is 0 Å². The summed E-state index contributed by atoms with van der Waals surface area (Å²) in [4.78, 5) is 1.84. The maximum atomic E-state index is 10.8. The standard InChI is InChI=1S/C28H27NO4/c1-17-14-25(32)20(4)26(15-17)33-22-11-7-10-21(16-22)29(27-18(2)8-5-12-23(27)30)28-19(3)9-6-13-24(28)31/h5-16,30-32H,1-4H3. The van der Waals surface area contributed by atoms with E-state index in [9.17, 15) is 15.3 Å². The van der Waals surface area contributed by atoms with Gasteiger partial charge in [-0.25, -0.2) is 0 Å². The molecule has 4 rings (SSSR count). The van der Waals surface area contributed by atoms with Gasteiger partial charge < -0.3 is 25.0 Å². The van der Waals surface area contributed by atoms with Crippen LogP contribution in [0, 0.1) is 27.7 Å². The van der Waals surface area contributed by atoms with Crippen LogP contribution in [0.25, 0.3) is 0 Å². The Labute approximate surface area is 193 Å². The summed E-state index contributed by atoms with van der Waals surface area (Å²) < 4.78 is 6.14. The minimum Gasteiger partial charge on any atom is -0.508 e. The van der Waals surface area contributed by atoms with Crippen molar-refractivity contribution >= 4 is 17.1 Å². The quantitative estimate of drug-likeness (QED) is 0.303. The molecule has 3 N–H and O–H groups in total. The van der Waals surface area contributed by atoms with Gasteiger partial charge in [-0.2, -0.15) is 0 Å². The number of hydrogen-bond acceptors (Lipinski definition) is 5. The van der Waals surface area contributed by atoms with E-state index in [1.165, 1.54) is 0 Å². The first-order valence-corrected chi connectivity index (χ1v) is 10.7. The molecule has 168 valence electrons. The normalized spacial score (nSPS) is 10.8. The lowest BCUT2D eigenvalue weighted by Crippen LogP contribution is -2.13. The van der Waals surface area contributed by atoms with Crippen molar-refractivity contribution in [2.45, 2.75) is 27.7 Å². The maximum absolute atomic E-state index is 10.8. The molecule has 0 bridgehead atoms. The molecule has 5 nitrogen and oxygen atoms in total. The van der Waals surface area contributed by atoms with Gasteiger partial charge in [0.2, 0.25) is 0 Å². The molecule has 0 radical (unpaired) electrons. The molecule has 0 fully saturated rings. The molecule has 0 spiro atoms. The Hall–Kier alpha value is -4.12. The summed E-state index contributed by atoms with van der Waals surface area (Å²) in [6.45, 7) is 7.52. The van der Waals surface area contributed by atoms with Crippen molar-refractivity contribution in [3.8, 4) is 28.7 Å². The smallest absolute Gasteiger partial charge is 0.139 e. The molecular formula is C28H27NO4. The van der Waals surface area contributed by atoms with Gasteiger partial charge in [-0.15, -0.1) is 0 Å². The van der Waals surface area contributed by atoms with Crippen LogP contribution in [0.5, 0.6) is 28.7 Å². The molecule has 0 heterocycles. The highest BCUT2D eigenvalue weighted by Crippen LogP contribution is 2.47. The monoisotopic (exact) mass is 441 g/mol. The van der Waals surface area contributed by atoms with E-state index in [2.05, 4.69) is 0 Å². The minimum absolute atomic E-state index is 0.100. The molecule has 33 heavy (non-hydrogen) atoms. The number of rotatable bonds is 5. The van der Waals surface area contributed by atoms with Gasteiger partial charge in [0.1, 0.15) is 28.7 Å². The number of benzene rings is 4. The number of hydrogen-bond donors (Lipinski definition) is 3. The SMILES string of the molecule is Cc1cc(O)c(C)c(Oc2cccc(N(c3c(C)cccc3O)c3c(C)cccc3O)c2)c1. The van der Waals surface area contributed by atoms with Crippen LogP contribution in [0.3, 0.4) is 0 Å². The van der Waals surface area contributed by atoms with Gasteiger partial charge >= 0.3 is 0 Å². The fourth-order valence-electron chi connectivity index (χ4n) is 3.96. The highest BCUT2D eigenvalue weighted by Gasteiger charge is 2.23. The predicted molar refractivity (Wildman–Crippen MR) is 132 cm³/mol. The van der Waals surface area contributed by atoms with E-state index in [0.717, 1.165) is 16.7 Å². The molecule has 0 unspecified atom stereocenters.